The number of nitrogens with one attached hydrogen (secondary N) is 1. The highest BCUT2D eigenvalue weighted by Gasteiger charge is 2.26. The predicted octanol–water partition coefficient (Wildman–Crippen LogP) is 0.779. The Hall–Kier alpha value is -2.76. The quantitative estimate of drug-likeness (QED) is 0.582. The number of hydrogen-bond donors (Lipinski definition) is 3. The van der Waals surface area contributed by atoms with E-state index in [0.29, 0.717) is 10.6 Å². The number of anilines is 1. The fourth-order valence-corrected chi connectivity index (χ4v) is 4.74. The molecule has 1 aliphatic carbocycles. The van der Waals surface area contributed by atoms with Crippen molar-refractivity contribution in [2.24, 2.45) is 10.9 Å². The summed E-state index contributed by atoms with van der Waals surface area (Å²) >= 11 is 1.30. The van der Waals surface area contributed by atoms with Crippen LogP contribution in [0.2, 0.25) is 0 Å². The van der Waals surface area contributed by atoms with Crippen molar-refractivity contribution in [2.45, 2.75) is 24.2 Å². The number of sulfonamides is 1. The Bertz CT molecular complexity index is 1060. The molecule has 0 radical (unpaired) electrons. The third-order valence-electron chi connectivity index (χ3n) is 4.17. The first kappa shape index (κ1) is 20.0. The van der Waals surface area contributed by atoms with E-state index < -0.39 is 34.4 Å². The van der Waals surface area contributed by atoms with Crippen LogP contribution in [0.4, 0.5) is 5.00 Å². The zero-order valence-corrected chi connectivity index (χ0v) is 16.2. The van der Waals surface area contributed by atoms with Gasteiger partial charge in [0.2, 0.25) is 10.0 Å². The molecule has 0 spiro atoms. The van der Waals surface area contributed by atoms with Gasteiger partial charge in [-0.2, -0.15) is 0 Å². The zero-order valence-electron chi connectivity index (χ0n) is 14.6. The van der Waals surface area contributed by atoms with E-state index in [4.69, 9.17) is 15.6 Å². The smallest absolute Gasteiger partial charge is 0.338 e. The number of amides is 2. The standard InChI is InChI=1S/C17H17N3O6S2/c18-15(22)14-11-2-1-3-12(11)27-16(14)20-13(21)8-26-17(23)9-4-6-10(7-5-9)28(19,24)25/h4-7H,1-3,8H2,(H2,18,22)(H,20,21)(H2,19,24,25). The van der Waals surface area contributed by atoms with Crippen LogP contribution >= 0.6 is 11.3 Å². The molecular weight excluding hydrogens is 406 g/mol. The van der Waals surface area contributed by atoms with Gasteiger partial charge in [-0.05, 0) is 49.1 Å². The summed E-state index contributed by atoms with van der Waals surface area (Å²) in [6, 6.07) is 4.79. The molecule has 1 aromatic heterocycles. The van der Waals surface area contributed by atoms with Crippen LogP contribution in [0.5, 0.6) is 0 Å². The molecule has 0 saturated carbocycles. The van der Waals surface area contributed by atoms with Crippen LogP contribution in [0, 0.1) is 0 Å². The van der Waals surface area contributed by atoms with Crippen molar-refractivity contribution in [1.82, 2.24) is 0 Å². The van der Waals surface area contributed by atoms with Crippen molar-refractivity contribution in [2.75, 3.05) is 11.9 Å². The number of carbonyl (C=O) groups is 3. The van der Waals surface area contributed by atoms with Crippen molar-refractivity contribution < 1.29 is 27.5 Å². The molecule has 148 valence electrons. The number of carbonyl (C=O) groups excluding carboxylic acids is 3. The zero-order chi connectivity index (χ0) is 20.5. The molecule has 3 rings (SSSR count). The number of primary sulfonamides is 1. The van der Waals surface area contributed by atoms with E-state index in [0.717, 1.165) is 41.8 Å². The number of rotatable bonds is 6. The number of primary amides is 1. The molecule has 1 heterocycles. The minimum absolute atomic E-state index is 0.0631. The number of benzene rings is 1. The highest BCUT2D eigenvalue weighted by molar-refractivity contribution is 7.89. The molecule has 28 heavy (non-hydrogen) atoms. The molecular formula is C17H17N3O6S2. The van der Waals surface area contributed by atoms with Crippen LogP contribution in [0.25, 0.3) is 0 Å². The van der Waals surface area contributed by atoms with Gasteiger partial charge in [0.25, 0.3) is 11.8 Å². The Morgan fingerprint density at radius 1 is 1.14 bits per heavy atom. The number of nitrogens with two attached hydrogens (primary N) is 2. The molecule has 11 heteroatoms. The van der Waals surface area contributed by atoms with E-state index in [-0.39, 0.29) is 10.5 Å². The van der Waals surface area contributed by atoms with Gasteiger partial charge >= 0.3 is 5.97 Å². The van der Waals surface area contributed by atoms with E-state index >= 15 is 0 Å². The molecule has 0 bridgehead atoms. The summed E-state index contributed by atoms with van der Waals surface area (Å²) in [5.41, 5.74) is 6.68. The fourth-order valence-electron chi connectivity index (χ4n) is 2.91. The third-order valence-corrected chi connectivity index (χ3v) is 6.31. The number of esters is 1. The normalized spacial score (nSPS) is 13.0. The molecule has 1 aliphatic rings. The number of thiophene rings is 1. The van der Waals surface area contributed by atoms with Gasteiger partial charge in [-0.1, -0.05) is 0 Å². The predicted molar refractivity (Wildman–Crippen MR) is 102 cm³/mol. The lowest BCUT2D eigenvalue weighted by Crippen LogP contribution is -2.22. The monoisotopic (exact) mass is 423 g/mol. The Morgan fingerprint density at radius 2 is 1.82 bits per heavy atom. The minimum atomic E-state index is -3.87. The Morgan fingerprint density at radius 3 is 2.43 bits per heavy atom. The first-order valence-electron chi connectivity index (χ1n) is 8.21. The summed E-state index contributed by atoms with van der Waals surface area (Å²) in [4.78, 5) is 36.7. The molecule has 0 aliphatic heterocycles. The van der Waals surface area contributed by atoms with Crippen LogP contribution in [0.1, 0.15) is 37.6 Å². The number of ether oxygens (including phenoxy) is 1. The minimum Gasteiger partial charge on any atom is -0.452 e. The number of fused-ring (bicyclic) bond motifs is 1. The lowest BCUT2D eigenvalue weighted by atomic mass is 10.1. The highest BCUT2D eigenvalue weighted by atomic mass is 32.2. The first-order chi connectivity index (χ1) is 13.2. The van der Waals surface area contributed by atoms with Crippen LogP contribution < -0.4 is 16.2 Å². The van der Waals surface area contributed by atoms with Crippen molar-refractivity contribution in [3.63, 3.8) is 0 Å². The molecule has 9 nitrogen and oxygen atoms in total. The van der Waals surface area contributed by atoms with Gasteiger partial charge in [0.1, 0.15) is 5.00 Å². The van der Waals surface area contributed by atoms with Crippen LogP contribution in [0.15, 0.2) is 29.2 Å². The second-order valence-electron chi connectivity index (χ2n) is 6.12. The van der Waals surface area contributed by atoms with Crippen molar-refractivity contribution >= 4 is 44.1 Å². The van der Waals surface area contributed by atoms with E-state index in [1.807, 2.05) is 0 Å². The number of aryl methyl sites for hydroxylation is 1. The SMILES string of the molecule is NC(=O)c1c(NC(=O)COC(=O)c2ccc(S(N)(=O)=O)cc2)sc2c1CCC2. The average molecular weight is 423 g/mol. The maximum atomic E-state index is 12.1. The van der Waals surface area contributed by atoms with E-state index in [1.54, 1.807) is 0 Å². The van der Waals surface area contributed by atoms with Crippen molar-refractivity contribution in [3.8, 4) is 0 Å². The molecule has 2 amide bonds. The molecule has 0 atom stereocenters. The van der Waals surface area contributed by atoms with Crippen LogP contribution in [-0.2, 0) is 32.4 Å². The fraction of sp³-hybridized carbons (Fsp3) is 0.235. The summed E-state index contributed by atoms with van der Waals surface area (Å²) in [5.74, 6) is -2.03. The summed E-state index contributed by atoms with van der Waals surface area (Å²) < 4.78 is 27.3. The summed E-state index contributed by atoms with van der Waals surface area (Å²) in [5, 5.41) is 7.91. The Balaban J connectivity index is 1.62. The van der Waals surface area contributed by atoms with E-state index in [1.165, 1.54) is 23.5 Å². The lowest BCUT2D eigenvalue weighted by Gasteiger charge is -2.07. The summed E-state index contributed by atoms with van der Waals surface area (Å²) in [7, 11) is -3.87. The van der Waals surface area contributed by atoms with Crippen molar-refractivity contribution in [3.05, 3.63) is 45.8 Å². The molecule has 0 saturated heterocycles. The molecule has 0 unspecified atom stereocenters. The van der Waals surface area contributed by atoms with E-state index in [2.05, 4.69) is 5.32 Å². The lowest BCUT2D eigenvalue weighted by molar-refractivity contribution is -0.119. The third kappa shape index (κ3) is 4.21. The van der Waals surface area contributed by atoms with E-state index in [9.17, 15) is 22.8 Å². The van der Waals surface area contributed by atoms with Gasteiger partial charge in [-0.25, -0.2) is 18.4 Å². The van der Waals surface area contributed by atoms with Gasteiger partial charge in [0.05, 0.1) is 16.0 Å². The highest BCUT2D eigenvalue weighted by Crippen LogP contribution is 2.38. The van der Waals surface area contributed by atoms with Crippen LogP contribution in [-0.4, -0.2) is 32.8 Å². The second-order valence-corrected chi connectivity index (χ2v) is 8.79. The maximum absolute atomic E-state index is 12.1. The van der Waals surface area contributed by atoms with Gasteiger partial charge in [0.15, 0.2) is 6.61 Å². The Kier molecular flexibility index (Phi) is 5.49. The molecule has 0 fully saturated rings. The second kappa shape index (κ2) is 7.70. The topological polar surface area (TPSA) is 159 Å². The Labute approximate surface area is 164 Å². The maximum Gasteiger partial charge on any atom is 0.338 e. The summed E-state index contributed by atoms with van der Waals surface area (Å²) in [6.07, 6.45) is 2.51. The largest absolute Gasteiger partial charge is 0.452 e. The van der Waals surface area contributed by atoms with Gasteiger partial charge < -0.3 is 15.8 Å². The van der Waals surface area contributed by atoms with Gasteiger partial charge in [0, 0.05) is 4.88 Å². The average Bonchev–Trinajstić information content (AvgIpc) is 3.19. The molecule has 2 aromatic rings. The van der Waals surface area contributed by atoms with Gasteiger partial charge in [-0.15, -0.1) is 11.3 Å². The first-order valence-corrected chi connectivity index (χ1v) is 10.6. The molecule has 1 aromatic carbocycles. The number of hydrogen-bond acceptors (Lipinski definition) is 7. The van der Waals surface area contributed by atoms with Gasteiger partial charge in [-0.3, -0.25) is 9.59 Å². The van der Waals surface area contributed by atoms with Crippen LogP contribution in [0.3, 0.4) is 0 Å². The van der Waals surface area contributed by atoms with Crippen molar-refractivity contribution in [1.29, 1.82) is 0 Å². The molecule has 5 N–H and O–H groups in total. The summed E-state index contributed by atoms with van der Waals surface area (Å²) in [6.45, 7) is -0.573.